The maximum atomic E-state index is 6.43. The van der Waals surface area contributed by atoms with Crippen molar-refractivity contribution in [1.29, 1.82) is 0 Å². The fourth-order valence-electron chi connectivity index (χ4n) is 2.41. The zero-order valence-electron chi connectivity index (χ0n) is 11.9. The smallest absolute Gasteiger partial charge is 0.124 e. The Morgan fingerprint density at radius 1 is 1.17 bits per heavy atom. The van der Waals surface area contributed by atoms with Crippen molar-refractivity contribution in [3.8, 4) is 5.75 Å². The Hall–Kier alpha value is -1.06. The number of para-hydroxylation sites is 1. The molecule has 1 aromatic rings. The number of methoxy groups -OCH3 is 1. The summed E-state index contributed by atoms with van der Waals surface area (Å²) in [6, 6.07) is 7.76. The van der Waals surface area contributed by atoms with Crippen LogP contribution >= 0.6 is 0 Å². The second-order valence-corrected chi connectivity index (χ2v) is 4.42. The molecule has 0 aliphatic carbocycles. The second kappa shape index (κ2) is 6.76. The average Bonchev–Trinajstić information content (AvgIpc) is 2.42. The third-order valence-electron chi connectivity index (χ3n) is 3.72. The van der Waals surface area contributed by atoms with Crippen molar-refractivity contribution in [2.75, 3.05) is 13.7 Å². The minimum atomic E-state index is -0.326. The summed E-state index contributed by atoms with van der Waals surface area (Å²) < 4.78 is 11.4. The van der Waals surface area contributed by atoms with E-state index in [1.165, 1.54) is 0 Å². The van der Waals surface area contributed by atoms with Gasteiger partial charge in [0, 0.05) is 12.7 Å². The van der Waals surface area contributed by atoms with Gasteiger partial charge >= 0.3 is 0 Å². The Labute approximate surface area is 110 Å². The van der Waals surface area contributed by atoms with Crippen LogP contribution in [-0.2, 0) is 4.74 Å². The first-order chi connectivity index (χ1) is 8.65. The van der Waals surface area contributed by atoms with E-state index in [-0.39, 0.29) is 11.6 Å². The lowest BCUT2D eigenvalue weighted by atomic mass is 9.84. The van der Waals surface area contributed by atoms with Crippen LogP contribution in [0.15, 0.2) is 24.3 Å². The van der Waals surface area contributed by atoms with Crippen molar-refractivity contribution in [2.45, 2.75) is 45.3 Å². The lowest BCUT2D eigenvalue weighted by Gasteiger charge is -2.37. The van der Waals surface area contributed by atoms with Gasteiger partial charge in [-0.15, -0.1) is 0 Å². The third kappa shape index (κ3) is 2.85. The predicted octanol–water partition coefficient (Wildman–Crippen LogP) is 3.29. The van der Waals surface area contributed by atoms with E-state index in [4.69, 9.17) is 15.2 Å². The highest BCUT2D eigenvalue weighted by Crippen LogP contribution is 2.36. The van der Waals surface area contributed by atoms with Crippen molar-refractivity contribution in [3.63, 3.8) is 0 Å². The molecular formula is C15H25NO2. The standard InChI is InChI=1S/C15H25NO2/c1-5-15(6-2,17-4)14(16)12-10-8-9-11-13(12)18-7-3/h8-11,14H,5-7,16H2,1-4H3. The summed E-state index contributed by atoms with van der Waals surface area (Å²) in [6.07, 6.45) is 1.75. The number of benzene rings is 1. The Bertz CT molecular complexity index is 353. The molecule has 0 aliphatic heterocycles. The Morgan fingerprint density at radius 3 is 2.28 bits per heavy atom. The highest BCUT2D eigenvalue weighted by atomic mass is 16.5. The fourth-order valence-corrected chi connectivity index (χ4v) is 2.41. The fraction of sp³-hybridized carbons (Fsp3) is 0.600. The second-order valence-electron chi connectivity index (χ2n) is 4.42. The van der Waals surface area contributed by atoms with Gasteiger partial charge in [0.1, 0.15) is 5.75 Å². The molecule has 0 saturated heterocycles. The molecule has 18 heavy (non-hydrogen) atoms. The van der Waals surface area contributed by atoms with Gasteiger partial charge in [-0.2, -0.15) is 0 Å². The Balaban J connectivity index is 3.12. The minimum absolute atomic E-state index is 0.180. The van der Waals surface area contributed by atoms with Crippen LogP contribution in [0, 0.1) is 0 Å². The van der Waals surface area contributed by atoms with Gasteiger partial charge in [-0.05, 0) is 25.8 Å². The van der Waals surface area contributed by atoms with Crippen LogP contribution in [-0.4, -0.2) is 19.3 Å². The number of ether oxygens (including phenoxy) is 2. The van der Waals surface area contributed by atoms with E-state index in [1.807, 2.05) is 31.2 Å². The van der Waals surface area contributed by atoms with E-state index in [1.54, 1.807) is 7.11 Å². The maximum absolute atomic E-state index is 6.43. The number of rotatable bonds is 7. The molecule has 0 radical (unpaired) electrons. The van der Waals surface area contributed by atoms with Crippen molar-refractivity contribution in [1.82, 2.24) is 0 Å². The van der Waals surface area contributed by atoms with Crippen LogP contribution in [0.5, 0.6) is 5.75 Å². The first kappa shape index (κ1) is 15.0. The van der Waals surface area contributed by atoms with E-state index in [9.17, 15) is 0 Å². The van der Waals surface area contributed by atoms with Crippen LogP contribution in [0.3, 0.4) is 0 Å². The largest absolute Gasteiger partial charge is 0.494 e. The summed E-state index contributed by atoms with van der Waals surface area (Å²) >= 11 is 0. The molecular weight excluding hydrogens is 226 g/mol. The van der Waals surface area contributed by atoms with Gasteiger partial charge in [0.05, 0.1) is 18.2 Å². The molecule has 3 heteroatoms. The quantitative estimate of drug-likeness (QED) is 0.808. The predicted molar refractivity (Wildman–Crippen MR) is 74.9 cm³/mol. The number of hydrogen-bond acceptors (Lipinski definition) is 3. The first-order valence-electron chi connectivity index (χ1n) is 6.67. The summed E-state index contributed by atoms with van der Waals surface area (Å²) in [6.45, 7) is 6.83. The molecule has 0 saturated carbocycles. The highest BCUT2D eigenvalue weighted by Gasteiger charge is 2.35. The van der Waals surface area contributed by atoms with Gasteiger partial charge in [0.2, 0.25) is 0 Å². The molecule has 2 N–H and O–H groups in total. The third-order valence-corrected chi connectivity index (χ3v) is 3.72. The van der Waals surface area contributed by atoms with E-state index >= 15 is 0 Å². The summed E-state index contributed by atoms with van der Waals surface area (Å²) in [5, 5.41) is 0. The van der Waals surface area contributed by atoms with Crippen LogP contribution in [0.2, 0.25) is 0 Å². The molecule has 0 aromatic heterocycles. The molecule has 102 valence electrons. The molecule has 0 spiro atoms. The molecule has 0 aliphatic rings. The van der Waals surface area contributed by atoms with Crippen LogP contribution in [0.4, 0.5) is 0 Å². The molecule has 1 atom stereocenters. The number of nitrogens with two attached hydrogens (primary N) is 1. The van der Waals surface area contributed by atoms with Gasteiger partial charge in [-0.3, -0.25) is 0 Å². The molecule has 0 bridgehead atoms. The molecule has 1 aromatic carbocycles. The summed E-state index contributed by atoms with van der Waals surface area (Å²) in [5.74, 6) is 0.857. The van der Waals surface area contributed by atoms with Gasteiger partial charge in [0.15, 0.2) is 0 Å². The zero-order chi connectivity index (χ0) is 13.6. The van der Waals surface area contributed by atoms with Crippen LogP contribution < -0.4 is 10.5 Å². The maximum Gasteiger partial charge on any atom is 0.124 e. The van der Waals surface area contributed by atoms with Gasteiger partial charge in [0.25, 0.3) is 0 Å². The van der Waals surface area contributed by atoms with E-state index in [0.717, 1.165) is 24.2 Å². The van der Waals surface area contributed by atoms with E-state index < -0.39 is 0 Å². The summed E-state index contributed by atoms with van der Waals surface area (Å²) in [4.78, 5) is 0. The number of hydrogen-bond donors (Lipinski definition) is 1. The molecule has 0 heterocycles. The average molecular weight is 251 g/mol. The monoisotopic (exact) mass is 251 g/mol. The zero-order valence-corrected chi connectivity index (χ0v) is 11.9. The molecule has 1 rings (SSSR count). The van der Waals surface area contributed by atoms with E-state index in [0.29, 0.717) is 6.61 Å². The minimum Gasteiger partial charge on any atom is -0.494 e. The normalized spacial score (nSPS) is 13.4. The molecule has 0 amide bonds. The van der Waals surface area contributed by atoms with Crippen LogP contribution in [0.25, 0.3) is 0 Å². The van der Waals surface area contributed by atoms with Crippen LogP contribution in [0.1, 0.15) is 45.2 Å². The first-order valence-corrected chi connectivity index (χ1v) is 6.67. The summed E-state index contributed by atoms with van der Waals surface area (Å²) in [5.41, 5.74) is 7.12. The SMILES string of the molecule is CCOc1ccccc1C(N)C(CC)(CC)OC. The Kier molecular flexibility index (Phi) is 5.63. The topological polar surface area (TPSA) is 44.5 Å². The molecule has 1 unspecified atom stereocenters. The lowest BCUT2D eigenvalue weighted by Crippen LogP contribution is -2.42. The van der Waals surface area contributed by atoms with E-state index in [2.05, 4.69) is 13.8 Å². The van der Waals surface area contributed by atoms with Crippen molar-refractivity contribution >= 4 is 0 Å². The molecule has 3 nitrogen and oxygen atoms in total. The van der Waals surface area contributed by atoms with Gasteiger partial charge < -0.3 is 15.2 Å². The van der Waals surface area contributed by atoms with Gasteiger partial charge in [-0.1, -0.05) is 32.0 Å². The van der Waals surface area contributed by atoms with Gasteiger partial charge in [-0.25, -0.2) is 0 Å². The Morgan fingerprint density at radius 2 is 1.78 bits per heavy atom. The highest BCUT2D eigenvalue weighted by molar-refractivity contribution is 5.37. The van der Waals surface area contributed by atoms with Crippen molar-refractivity contribution in [2.24, 2.45) is 5.73 Å². The molecule has 0 fully saturated rings. The van der Waals surface area contributed by atoms with Crippen molar-refractivity contribution in [3.05, 3.63) is 29.8 Å². The summed E-state index contributed by atoms with van der Waals surface area (Å²) in [7, 11) is 1.73. The lowest BCUT2D eigenvalue weighted by molar-refractivity contribution is -0.0390. The van der Waals surface area contributed by atoms with Crippen molar-refractivity contribution < 1.29 is 9.47 Å².